The second-order valence-corrected chi connectivity index (χ2v) is 20.2. The zero-order valence-electron chi connectivity index (χ0n) is 47.4. The molecule has 0 amide bonds. The van der Waals surface area contributed by atoms with Crippen LogP contribution < -0.4 is 0 Å². The summed E-state index contributed by atoms with van der Waals surface area (Å²) in [6.07, 6.45) is 79.2. The number of hydrogen-bond acceptors (Lipinski definition) is 6. The van der Waals surface area contributed by atoms with Crippen LogP contribution in [0.3, 0.4) is 0 Å². The van der Waals surface area contributed by atoms with E-state index in [4.69, 9.17) is 14.2 Å². The molecule has 0 spiro atoms. The first-order valence-corrected chi connectivity index (χ1v) is 30.6. The minimum absolute atomic E-state index is 0.0772. The Hall–Kier alpha value is -3.41. The van der Waals surface area contributed by atoms with Gasteiger partial charge in [0.2, 0.25) is 0 Å². The summed E-state index contributed by atoms with van der Waals surface area (Å²) in [5, 5.41) is 0. The van der Waals surface area contributed by atoms with Gasteiger partial charge in [-0.15, -0.1) is 0 Å². The van der Waals surface area contributed by atoms with Crippen LogP contribution in [0.5, 0.6) is 0 Å². The lowest BCUT2D eigenvalue weighted by molar-refractivity contribution is -0.167. The number of ether oxygens (including phenoxy) is 3. The van der Waals surface area contributed by atoms with E-state index in [0.29, 0.717) is 19.3 Å². The highest BCUT2D eigenvalue weighted by Gasteiger charge is 2.19. The Morgan fingerprint density at radius 2 is 0.542 bits per heavy atom. The van der Waals surface area contributed by atoms with Gasteiger partial charge in [-0.1, -0.05) is 266 Å². The molecule has 0 aromatic heterocycles. The van der Waals surface area contributed by atoms with Gasteiger partial charge in [0.15, 0.2) is 6.10 Å². The van der Waals surface area contributed by atoms with Crippen LogP contribution in [-0.4, -0.2) is 37.2 Å². The third-order valence-corrected chi connectivity index (χ3v) is 13.1. The highest BCUT2D eigenvalue weighted by molar-refractivity contribution is 5.71. The Bertz CT molecular complexity index is 1380. The Labute approximate surface area is 445 Å². The summed E-state index contributed by atoms with van der Waals surface area (Å²) >= 11 is 0. The van der Waals surface area contributed by atoms with E-state index in [1.807, 2.05) is 0 Å². The maximum Gasteiger partial charge on any atom is 0.306 e. The van der Waals surface area contributed by atoms with Crippen molar-refractivity contribution in [2.75, 3.05) is 13.2 Å². The van der Waals surface area contributed by atoms with Crippen LogP contribution in [-0.2, 0) is 28.6 Å². The quantitative estimate of drug-likeness (QED) is 0.0261. The van der Waals surface area contributed by atoms with Gasteiger partial charge in [-0.05, 0) is 96.3 Å². The Morgan fingerprint density at radius 3 is 0.861 bits per heavy atom. The predicted octanol–water partition coefficient (Wildman–Crippen LogP) is 20.7. The molecule has 6 heteroatoms. The number of carbonyl (C=O) groups excluding carboxylic acids is 3. The zero-order valence-corrected chi connectivity index (χ0v) is 47.4. The molecule has 6 nitrogen and oxygen atoms in total. The lowest BCUT2D eigenvalue weighted by Crippen LogP contribution is -2.30. The first kappa shape index (κ1) is 68.6. The minimum atomic E-state index is -0.775. The van der Waals surface area contributed by atoms with Gasteiger partial charge in [0.25, 0.3) is 0 Å². The fraction of sp³-hybridized carbons (Fsp3) is 0.742. The predicted molar refractivity (Wildman–Crippen MR) is 311 cm³/mol. The highest BCUT2D eigenvalue weighted by Crippen LogP contribution is 2.16. The Balaban J connectivity index is 4.03. The zero-order chi connectivity index (χ0) is 52.2. The summed E-state index contributed by atoms with van der Waals surface area (Å²) in [6, 6.07) is 0. The summed E-state index contributed by atoms with van der Waals surface area (Å²) in [5.74, 6) is -0.889. The molecule has 414 valence electrons. The molecule has 1 atom stereocenters. The molecule has 0 aliphatic heterocycles. The molecule has 0 aliphatic carbocycles. The van der Waals surface area contributed by atoms with Crippen molar-refractivity contribution in [3.63, 3.8) is 0 Å². The Kier molecular flexibility index (Phi) is 57.3. The molecule has 0 bridgehead atoms. The lowest BCUT2D eigenvalue weighted by Gasteiger charge is -2.18. The van der Waals surface area contributed by atoms with Gasteiger partial charge in [0.05, 0.1) is 0 Å². The fourth-order valence-corrected chi connectivity index (χ4v) is 8.56. The van der Waals surface area contributed by atoms with Crippen molar-refractivity contribution in [1.29, 1.82) is 0 Å². The SMILES string of the molecule is CC/C=C\C/C=C\C/C=C\C/C=C\C/C=C\C/C=C\CCCCCCCCCCCCCCC(=O)OCC(COC(=O)CCCCCCC)OC(=O)CCCCCCCCC/C=C\CCCCCCCCC. The van der Waals surface area contributed by atoms with Gasteiger partial charge >= 0.3 is 17.9 Å². The summed E-state index contributed by atoms with van der Waals surface area (Å²) in [7, 11) is 0. The van der Waals surface area contributed by atoms with Crippen LogP contribution in [0.25, 0.3) is 0 Å². The summed E-state index contributed by atoms with van der Waals surface area (Å²) in [5.41, 5.74) is 0. The van der Waals surface area contributed by atoms with Crippen LogP contribution in [0.15, 0.2) is 85.1 Å². The van der Waals surface area contributed by atoms with Gasteiger partial charge in [-0.25, -0.2) is 0 Å². The monoisotopic (exact) mass is 1000 g/mol. The van der Waals surface area contributed by atoms with Crippen LogP contribution in [0.1, 0.15) is 297 Å². The molecule has 0 saturated heterocycles. The van der Waals surface area contributed by atoms with E-state index in [1.165, 1.54) is 154 Å². The first-order valence-electron chi connectivity index (χ1n) is 30.6. The fourth-order valence-electron chi connectivity index (χ4n) is 8.56. The Morgan fingerprint density at radius 1 is 0.292 bits per heavy atom. The summed E-state index contributed by atoms with van der Waals surface area (Å²) < 4.78 is 16.7. The van der Waals surface area contributed by atoms with Crippen molar-refractivity contribution in [2.45, 2.75) is 303 Å². The van der Waals surface area contributed by atoms with Crippen molar-refractivity contribution in [2.24, 2.45) is 0 Å². The molecule has 0 aromatic rings. The van der Waals surface area contributed by atoms with Crippen molar-refractivity contribution < 1.29 is 28.6 Å². The number of rotatable bonds is 55. The second-order valence-electron chi connectivity index (χ2n) is 20.2. The van der Waals surface area contributed by atoms with E-state index in [0.717, 1.165) is 103 Å². The lowest BCUT2D eigenvalue weighted by atomic mass is 10.0. The smallest absolute Gasteiger partial charge is 0.306 e. The molecule has 0 aromatic carbocycles. The van der Waals surface area contributed by atoms with Gasteiger partial charge in [0.1, 0.15) is 13.2 Å². The number of carbonyl (C=O) groups is 3. The molecule has 0 fully saturated rings. The molecule has 0 N–H and O–H groups in total. The molecule has 0 aliphatic rings. The van der Waals surface area contributed by atoms with Gasteiger partial charge < -0.3 is 14.2 Å². The summed E-state index contributed by atoms with van der Waals surface area (Å²) in [4.78, 5) is 37.8. The molecule has 0 radical (unpaired) electrons. The molecule has 72 heavy (non-hydrogen) atoms. The largest absolute Gasteiger partial charge is 0.462 e. The average Bonchev–Trinajstić information content (AvgIpc) is 3.38. The van der Waals surface area contributed by atoms with Crippen LogP contribution in [0, 0.1) is 0 Å². The number of esters is 3. The second kappa shape index (κ2) is 60.1. The van der Waals surface area contributed by atoms with Crippen molar-refractivity contribution in [3.05, 3.63) is 85.1 Å². The number of hydrogen-bond donors (Lipinski definition) is 0. The topological polar surface area (TPSA) is 78.9 Å². The number of unbranched alkanes of at least 4 members (excludes halogenated alkanes) is 30. The van der Waals surface area contributed by atoms with E-state index < -0.39 is 6.10 Å². The van der Waals surface area contributed by atoms with Gasteiger partial charge in [-0.2, -0.15) is 0 Å². The van der Waals surface area contributed by atoms with Crippen LogP contribution >= 0.6 is 0 Å². The van der Waals surface area contributed by atoms with Gasteiger partial charge in [-0.3, -0.25) is 14.4 Å². The average molecular weight is 1000 g/mol. The minimum Gasteiger partial charge on any atom is -0.462 e. The van der Waals surface area contributed by atoms with Crippen LogP contribution in [0.4, 0.5) is 0 Å². The normalized spacial score (nSPS) is 12.7. The molecule has 0 saturated carbocycles. The third kappa shape index (κ3) is 57.5. The molecule has 0 rings (SSSR count). The van der Waals surface area contributed by atoms with Crippen molar-refractivity contribution >= 4 is 17.9 Å². The highest BCUT2D eigenvalue weighted by atomic mass is 16.6. The maximum atomic E-state index is 12.8. The molecular formula is C66H114O6. The van der Waals surface area contributed by atoms with E-state index in [9.17, 15) is 14.4 Å². The van der Waals surface area contributed by atoms with Crippen molar-refractivity contribution in [3.8, 4) is 0 Å². The van der Waals surface area contributed by atoms with E-state index in [1.54, 1.807) is 0 Å². The standard InChI is InChI=1S/C66H114O6/c1-4-7-10-13-15-17-19-21-23-25-27-28-29-30-31-32-33-34-35-36-37-38-39-41-42-44-46-48-50-53-56-59-65(68)71-62-63(61-70-64(67)58-55-52-12-9-6-3)72-66(69)60-57-54-51-49-47-45-43-40-26-24-22-20-18-16-14-11-8-5-2/h7,10,15,17,21,23-24,26-28,30-31,33-34,63H,4-6,8-9,11-14,16,18-20,22,25,29,32,35-62H2,1-3H3/b10-7-,17-15-,23-21-,26-24-,28-27-,31-30-,34-33-. The summed E-state index contributed by atoms with van der Waals surface area (Å²) in [6.45, 7) is 6.45. The molecule has 0 heterocycles. The van der Waals surface area contributed by atoms with Crippen LogP contribution in [0.2, 0.25) is 0 Å². The van der Waals surface area contributed by atoms with E-state index >= 15 is 0 Å². The van der Waals surface area contributed by atoms with E-state index in [2.05, 4.69) is 106 Å². The third-order valence-electron chi connectivity index (χ3n) is 13.1. The first-order chi connectivity index (χ1) is 35.5. The molecular weight excluding hydrogens is 889 g/mol. The molecule has 1 unspecified atom stereocenters. The number of allylic oxidation sites excluding steroid dienone is 14. The van der Waals surface area contributed by atoms with E-state index in [-0.39, 0.29) is 31.1 Å². The van der Waals surface area contributed by atoms with Gasteiger partial charge in [0, 0.05) is 19.3 Å². The maximum absolute atomic E-state index is 12.8. The van der Waals surface area contributed by atoms with Crippen molar-refractivity contribution in [1.82, 2.24) is 0 Å².